The first-order valence-electron chi connectivity index (χ1n) is 4.50. The largest absolute Gasteiger partial charge is 0.301 e. The molecular formula is C9H21N. The molecule has 0 amide bonds. The number of hydrogen-bond donors (Lipinski definition) is 0. The van der Waals surface area contributed by atoms with Gasteiger partial charge in [-0.2, -0.15) is 0 Å². The lowest BCUT2D eigenvalue weighted by molar-refractivity contribution is 0.215. The van der Waals surface area contributed by atoms with Gasteiger partial charge in [-0.25, -0.2) is 0 Å². The molecule has 0 fully saturated rings. The molecule has 0 rings (SSSR count). The highest BCUT2D eigenvalue weighted by molar-refractivity contribution is 4.62. The summed E-state index contributed by atoms with van der Waals surface area (Å²) in [6.07, 6.45) is 2.55. The fraction of sp³-hybridized carbons (Fsp3) is 1.00. The van der Waals surface area contributed by atoms with E-state index in [1.807, 2.05) is 0 Å². The van der Waals surface area contributed by atoms with Gasteiger partial charge in [0.25, 0.3) is 0 Å². The van der Waals surface area contributed by atoms with Gasteiger partial charge in [0.15, 0.2) is 0 Å². The summed E-state index contributed by atoms with van der Waals surface area (Å²) >= 11 is 0. The average molecular weight is 143 g/mol. The first-order chi connectivity index (χ1) is 4.76. The molecule has 0 N–H and O–H groups in total. The molecule has 0 saturated carbocycles. The minimum atomic E-state index is 0.768. The molecule has 0 aliphatic carbocycles. The van der Waals surface area contributed by atoms with Gasteiger partial charge in [-0.3, -0.25) is 0 Å². The Bertz CT molecular complexity index is 71.1. The Kier molecular flexibility index (Phi) is 5.70. The van der Waals surface area contributed by atoms with Gasteiger partial charge in [-0.15, -0.1) is 0 Å². The third-order valence-corrected chi connectivity index (χ3v) is 2.13. The Morgan fingerprint density at radius 1 is 1.20 bits per heavy atom. The zero-order valence-corrected chi connectivity index (χ0v) is 7.85. The zero-order valence-electron chi connectivity index (χ0n) is 7.85. The highest BCUT2D eigenvalue weighted by atomic mass is 15.1. The molecule has 0 spiro atoms. The SMILES string of the molecule is CCCN(CC)[C@H](C)CC. The van der Waals surface area contributed by atoms with Gasteiger partial charge in [0.2, 0.25) is 0 Å². The lowest BCUT2D eigenvalue weighted by atomic mass is 10.2. The van der Waals surface area contributed by atoms with Crippen LogP contribution < -0.4 is 0 Å². The van der Waals surface area contributed by atoms with Crippen molar-refractivity contribution in [3.63, 3.8) is 0 Å². The Morgan fingerprint density at radius 2 is 1.80 bits per heavy atom. The highest BCUT2D eigenvalue weighted by Gasteiger charge is 2.06. The van der Waals surface area contributed by atoms with Gasteiger partial charge in [-0.05, 0) is 32.9 Å². The van der Waals surface area contributed by atoms with Gasteiger partial charge >= 0.3 is 0 Å². The summed E-state index contributed by atoms with van der Waals surface area (Å²) in [5.74, 6) is 0. The molecule has 62 valence electrons. The van der Waals surface area contributed by atoms with Crippen molar-refractivity contribution in [3.8, 4) is 0 Å². The van der Waals surface area contributed by atoms with Crippen molar-refractivity contribution >= 4 is 0 Å². The Balaban J connectivity index is 3.56. The van der Waals surface area contributed by atoms with Gasteiger partial charge < -0.3 is 4.90 Å². The van der Waals surface area contributed by atoms with E-state index >= 15 is 0 Å². The molecule has 0 aliphatic rings. The van der Waals surface area contributed by atoms with Crippen LogP contribution in [0.15, 0.2) is 0 Å². The van der Waals surface area contributed by atoms with Gasteiger partial charge in [0.1, 0.15) is 0 Å². The monoisotopic (exact) mass is 143 g/mol. The van der Waals surface area contributed by atoms with Crippen molar-refractivity contribution in [3.05, 3.63) is 0 Å². The van der Waals surface area contributed by atoms with Crippen LogP contribution in [0.4, 0.5) is 0 Å². The summed E-state index contributed by atoms with van der Waals surface area (Å²) in [4.78, 5) is 2.53. The van der Waals surface area contributed by atoms with Crippen LogP contribution in [0.1, 0.15) is 40.5 Å². The minimum absolute atomic E-state index is 0.768. The molecule has 1 heteroatoms. The molecular weight excluding hydrogens is 122 g/mol. The molecule has 1 atom stereocenters. The number of rotatable bonds is 5. The predicted octanol–water partition coefficient (Wildman–Crippen LogP) is 2.52. The van der Waals surface area contributed by atoms with Crippen LogP contribution in [-0.4, -0.2) is 24.0 Å². The maximum atomic E-state index is 2.53. The smallest absolute Gasteiger partial charge is 0.00641 e. The molecule has 0 radical (unpaired) electrons. The average Bonchev–Trinajstić information content (AvgIpc) is 1.99. The van der Waals surface area contributed by atoms with Crippen LogP contribution >= 0.6 is 0 Å². The predicted molar refractivity (Wildman–Crippen MR) is 47.3 cm³/mol. The van der Waals surface area contributed by atoms with Crippen molar-refractivity contribution in [1.29, 1.82) is 0 Å². The number of nitrogens with zero attached hydrogens (tertiary/aromatic N) is 1. The van der Waals surface area contributed by atoms with Crippen LogP contribution in [0.3, 0.4) is 0 Å². The van der Waals surface area contributed by atoms with E-state index in [0.717, 1.165) is 6.04 Å². The van der Waals surface area contributed by atoms with E-state index in [-0.39, 0.29) is 0 Å². The topological polar surface area (TPSA) is 3.24 Å². The molecule has 0 aromatic heterocycles. The van der Waals surface area contributed by atoms with Crippen LogP contribution in [0.2, 0.25) is 0 Å². The first kappa shape index (κ1) is 9.96. The Morgan fingerprint density at radius 3 is 2.10 bits per heavy atom. The molecule has 0 heterocycles. The van der Waals surface area contributed by atoms with E-state index in [9.17, 15) is 0 Å². The quantitative estimate of drug-likeness (QED) is 0.571. The van der Waals surface area contributed by atoms with Crippen LogP contribution in [0.5, 0.6) is 0 Å². The van der Waals surface area contributed by atoms with E-state index in [4.69, 9.17) is 0 Å². The second kappa shape index (κ2) is 5.72. The molecule has 0 aromatic rings. The lowest BCUT2D eigenvalue weighted by Crippen LogP contribution is -2.32. The van der Waals surface area contributed by atoms with E-state index in [0.29, 0.717) is 0 Å². The molecule has 0 aliphatic heterocycles. The summed E-state index contributed by atoms with van der Waals surface area (Å²) < 4.78 is 0. The van der Waals surface area contributed by atoms with Gasteiger partial charge in [0, 0.05) is 6.04 Å². The fourth-order valence-corrected chi connectivity index (χ4v) is 1.24. The second-order valence-corrected chi connectivity index (χ2v) is 2.89. The van der Waals surface area contributed by atoms with E-state index < -0.39 is 0 Å². The molecule has 0 aromatic carbocycles. The van der Waals surface area contributed by atoms with Crippen molar-refractivity contribution in [2.75, 3.05) is 13.1 Å². The van der Waals surface area contributed by atoms with E-state index in [1.54, 1.807) is 0 Å². The maximum Gasteiger partial charge on any atom is 0.00641 e. The van der Waals surface area contributed by atoms with Crippen molar-refractivity contribution in [1.82, 2.24) is 4.90 Å². The molecule has 0 bridgehead atoms. The summed E-state index contributed by atoms with van der Waals surface area (Å²) in [7, 11) is 0. The molecule has 0 unspecified atom stereocenters. The van der Waals surface area contributed by atoms with E-state index in [1.165, 1.54) is 25.9 Å². The minimum Gasteiger partial charge on any atom is -0.301 e. The van der Waals surface area contributed by atoms with Gasteiger partial charge in [0.05, 0.1) is 0 Å². The normalized spacial score (nSPS) is 14.1. The molecule has 0 saturated heterocycles. The van der Waals surface area contributed by atoms with Crippen LogP contribution in [0, 0.1) is 0 Å². The lowest BCUT2D eigenvalue weighted by Gasteiger charge is -2.26. The number of hydrogen-bond acceptors (Lipinski definition) is 1. The summed E-state index contributed by atoms with van der Waals surface area (Å²) in [5.41, 5.74) is 0. The highest BCUT2D eigenvalue weighted by Crippen LogP contribution is 2.02. The zero-order chi connectivity index (χ0) is 7.98. The third-order valence-electron chi connectivity index (χ3n) is 2.13. The van der Waals surface area contributed by atoms with E-state index in [2.05, 4.69) is 32.6 Å². The third kappa shape index (κ3) is 3.21. The summed E-state index contributed by atoms with van der Waals surface area (Å²) in [6, 6.07) is 0.768. The van der Waals surface area contributed by atoms with Gasteiger partial charge in [-0.1, -0.05) is 20.8 Å². The standard InChI is InChI=1S/C9H21N/c1-5-8-10(7-3)9(4)6-2/h9H,5-8H2,1-4H3/t9-/m1/s1. The van der Waals surface area contributed by atoms with Crippen molar-refractivity contribution < 1.29 is 0 Å². The summed E-state index contributed by atoms with van der Waals surface area (Å²) in [6.45, 7) is 11.5. The maximum absolute atomic E-state index is 2.53. The van der Waals surface area contributed by atoms with Crippen LogP contribution in [0.25, 0.3) is 0 Å². The van der Waals surface area contributed by atoms with Crippen molar-refractivity contribution in [2.45, 2.75) is 46.6 Å². The van der Waals surface area contributed by atoms with Crippen molar-refractivity contribution in [2.24, 2.45) is 0 Å². The summed E-state index contributed by atoms with van der Waals surface area (Å²) in [5, 5.41) is 0. The second-order valence-electron chi connectivity index (χ2n) is 2.89. The Hall–Kier alpha value is -0.0400. The first-order valence-corrected chi connectivity index (χ1v) is 4.50. The fourth-order valence-electron chi connectivity index (χ4n) is 1.24. The van der Waals surface area contributed by atoms with Crippen LogP contribution in [-0.2, 0) is 0 Å². The Labute approximate surface area is 65.4 Å². The molecule has 10 heavy (non-hydrogen) atoms. The molecule has 1 nitrogen and oxygen atoms in total.